The minimum atomic E-state index is -3.42. The van der Waals surface area contributed by atoms with Crippen LogP contribution in [0.4, 0.5) is 0 Å². The van der Waals surface area contributed by atoms with E-state index in [0.29, 0.717) is 31.1 Å². The average Bonchev–Trinajstić information content (AvgIpc) is 2.60. The van der Waals surface area contributed by atoms with Gasteiger partial charge >= 0.3 is 0 Å². The molecule has 7 heteroatoms. The van der Waals surface area contributed by atoms with Crippen LogP contribution in [-0.2, 0) is 16.4 Å². The zero-order chi connectivity index (χ0) is 17.6. The van der Waals surface area contributed by atoms with Crippen LogP contribution in [0, 0.1) is 0 Å². The molecular formula is C17H27N3O2S2. The molecule has 0 amide bonds. The molecule has 1 aromatic carbocycles. The molecule has 134 valence electrons. The maximum absolute atomic E-state index is 12.8. The summed E-state index contributed by atoms with van der Waals surface area (Å²) in [4.78, 5) is 2.42. The SMILES string of the molecule is CCCNC(=S)N1CCN(S(=O)(=O)c2ccc(CCC)cc2)CC1. The lowest BCUT2D eigenvalue weighted by Gasteiger charge is -2.35. The number of piperazine rings is 1. The van der Waals surface area contributed by atoms with Crippen molar-refractivity contribution in [2.75, 3.05) is 32.7 Å². The maximum atomic E-state index is 12.8. The first-order valence-electron chi connectivity index (χ1n) is 8.61. The van der Waals surface area contributed by atoms with Gasteiger partial charge in [0.15, 0.2) is 5.11 Å². The van der Waals surface area contributed by atoms with Gasteiger partial charge in [0.2, 0.25) is 10.0 Å². The van der Waals surface area contributed by atoms with Crippen molar-refractivity contribution in [1.82, 2.24) is 14.5 Å². The first kappa shape index (κ1) is 19.1. The van der Waals surface area contributed by atoms with E-state index in [1.165, 1.54) is 5.56 Å². The largest absolute Gasteiger partial charge is 0.363 e. The van der Waals surface area contributed by atoms with Crippen molar-refractivity contribution in [1.29, 1.82) is 0 Å². The standard InChI is InChI=1S/C17H27N3O2S2/c1-3-5-15-6-8-16(9-7-15)24(21,22)20-13-11-19(12-14-20)17(23)18-10-4-2/h6-9H,3-5,10-14H2,1-2H3,(H,18,23). The highest BCUT2D eigenvalue weighted by molar-refractivity contribution is 7.89. The summed E-state index contributed by atoms with van der Waals surface area (Å²) in [5, 5.41) is 3.92. The Morgan fingerprint density at radius 2 is 1.71 bits per heavy atom. The van der Waals surface area contributed by atoms with Crippen LogP contribution in [0.15, 0.2) is 29.2 Å². The predicted octanol–water partition coefficient (Wildman–Crippen LogP) is 2.23. The molecule has 0 spiro atoms. The van der Waals surface area contributed by atoms with Crippen molar-refractivity contribution in [3.8, 4) is 0 Å². The quantitative estimate of drug-likeness (QED) is 0.780. The van der Waals surface area contributed by atoms with Crippen LogP contribution < -0.4 is 5.32 Å². The van der Waals surface area contributed by atoms with Crippen molar-refractivity contribution in [3.05, 3.63) is 29.8 Å². The molecule has 0 atom stereocenters. The van der Waals surface area contributed by atoms with Crippen molar-refractivity contribution >= 4 is 27.4 Å². The third-order valence-corrected chi connectivity index (χ3v) is 6.47. The first-order chi connectivity index (χ1) is 11.5. The highest BCUT2D eigenvalue weighted by Crippen LogP contribution is 2.19. The zero-order valence-corrected chi connectivity index (χ0v) is 16.1. The van der Waals surface area contributed by atoms with Gasteiger partial charge in [-0.1, -0.05) is 32.4 Å². The minimum Gasteiger partial charge on any atom is -0.363 e. The van der Waals surface area contributed by atoms with Crippen molar-refractivity contribution in [2.45, 2.75) is 38.0 Å². The lowest BCUT2D eigenvalue weighted by atomic mass is 10.1. The van der Waals surface area contributed by atoms with E-state index in [4.69, 9.17) is 12.2 Å². The van der Waals surface area contributed by atoms with Crippen LogP contribution >= 0.6 is 12.2 Å². The van der Waals surface area contributed by atoms with Gasteiger partial charge in [-0.3, -0.25) is 0 Å². The molecule has 24 heavy (non-hydrogen) atoms. The van der Waals surface area contributed by atoms with E-state index < -0.39 is 10.0 Å². The Kier molecular flexibility index (Phi) is 7.01. The normalized spacial score (nSPS) is 16.2. The number of nitrogens with one attached hydrogen (secondary N) is 1. The summed E-state index contributed by atoms with van der Waals surface area (Å²) in [7, 11) is -3.42. The van der Waals surface area contributed by atoms with Gasteiger partial charge in [-0.2, -0.15) is 4.31 Å². The summed E-state index contributed by atoms with van der Waals surface area (Å²) < 4.78 is 27.1. The Labute approximate surface area is 151 Å². The van der Waals surface area contributed by atoms with E-state index in [2.05, 4.69) is 19.2 Å². The first-order valence-corrected chi connectivity index (χ1v) is 10.5. The van der Waals surface area contributed by atoms with E-state index >= 15 is 0 Å². The van der Waals surface area contributed by atoms with Gasteiger partial charge in [-0.15, -0.1) is 0 Å². The number of aryl methyl sites for hydroxylation is 1. The van der Waals surface area contributed by atoms with Gasteiger partial charge in [-0.05, 0) is 42.8 Å². The molecule has 0 radical (unpaired) electrons. The molecule has 1 saturated heterocycles. The Morgan fingerprint density at radius 1 is 1.08 bits per heavy atom. The summed E-state index contributed by atoms with van der Waals surface area (Å²) >= 11 is 5.35. The number of sulfonamides is 1. The Bertz CT molecular complexity index is 636. The van der Waals surface area contributed by atoms with Crippen molar-refractivity contribution in [3.63, 3.8) is 0 Å². The molecule has 1 aliphatic rings. The summed E-state index contributed by atoms with van der Waals surface area (Å²) in [6, 6.07) is 7.27. The smallest absolute Gasteiger partial charge is 0.243 e. The second-order valence-corrected chi connectivity index (χ2v) is 8.34. The average molecular weight is 370 g/mol. The van der Waals surface area contributed by atoms with Gasteiger partial charge < -0.3 is 10.2 Å². The van der Waals surface area contributed by atoms with E-state index in [1.807, 2.05) is 17.0 Å². The Balaban J connectivity index is 1.98. The number of nitrogens with zero attached hydrogens (tertiary/aromatic N) is 2. The summed E-state index contributed by atoms with van der Waals surface area (Å²) in [6.45, 7) is 7.24. The maximum Gasteiger partial charge on any atom is 0.243 e. The van der Waals surface area contributed by atoms with Crippen LogP contribution in [-0.4, -0.2) is 55.5 Å². The fraction of sp³-hybridized carbons (Fsp3) is 0.588. The lowest BCUT2D eigenvalue weighted by Crippen LogP contribution is -2.53. The van der Waals surface area contributed by atoms with Gasteiger partial charge in [-0.25, -0.2) is 8.42 Å². The number of thiocarbonyl (C=S) groups is 1. The molecule has 1 aromatic rings. The molecule has 1 fully saturated rings. The van der Waals surface area contributed by atoms with Crippen LogP contribution in [0.3, 0.4) is 0 Å². The number of hydrogen-bond acceptors (Lipinski definition) is 3. The van der Waals surface area contributed by atoms with E-state index in [1.54, 1.807) is 16.4 Å². The van der Waals surface area contributed by atoms with Gasteiger partial charge in [0.25, 0.3) is 0 Å². The summed E-state index contributed by atoms with van der Waals surface area (Å²) in [5.41, 5.74) is 1.17. The van der Waals surface area contributed by atoms with Gasteiger partial charge in [0, 0.05) is 32.7 Å². The second-order valence-electron chi connectivity index (χ2n) is 6.02. The van der Waals surface area contributed by atoms with Crippen LogP contribution in [0.2, 0.25) is 0 Å². The summed E-state index contributed by atoms with van der Waals surface area (Å²) in [6.07, 6.45) is 3.05. The molecule has 0 aromatic heterocycles. The number of hydrogen-bond donors (Lipinski definition) is 1. The fourth-order valence-corrected chi connectivity index (χ4v) is 4.45. The summed E-state index contributed by atoms with van der Waals surface area (Å²) in [5.74, 6) is 0. The molecule has 2 rings (SSSR count). The molecule has 5 nitrogen and oxygen atoms in total. The van der Waals surface area contributed by atoms with Crippen LogP contribution in [0.5, 0.6) is 0 Å². The monoisotopic (exact) mass is 369 g/mol. The lowest BCUT2D eigenvalue weighted by molar-refractivity contribution is 0.264. The highest BCUT2D eigenvalue weighted by Gasteiger charge is 2.29. The molecular weight excluding hydrogens is 342 g/mol. The molecule has 1 N–H and O–H groups in total. The highest BCUT2D eigenvalue weighted by atomic mass is 32.2. The molecule has 0 unspecified atom stereocenters. The van der Waals surface area contributed by atoms with E-state index in [-0.39, 0.29) is 0 Å². The Hall–Kier alpha value is -1.18. The number of rotatable bonds is 6. The van der Waals surface area contributed by atoms with Gasteiger partial charge in [0.05, 0.1) is 4.90 Å². The molecule has 1 aliphatic heterocycles. The van der Waals surface area contributed by atoms with Crippen molar-refractivity contribution < 1.29 is 8.42 Å². The molecule has 0 aliphatic carbocycles. The third-order valence-electron chi connectivity index (χ3n) is 4.15. The second kappa shape index (κ2) is 8.78. The predicted molar refractivity (Wildman–Crippen MR) is 102 cm³/mol. The van der Waals surface area contributed by atoms with E-state index in [0.717, 1.165) is 30.9 Å². The third kappa shape index (κ3) is 4.68. The van der Waals surface area contributed by atoms with Crippen LogP contribution in [0.25, 0.3) is 0 Å². The Morgan fingerprint density at radius 3 is 2.25 bits per heavy atom. The molecule has 1 heterocycles. The van der Waals surface area contributed by atoms with Crippen LogP contribution in [0.1, 0.15) is 32.3 Å². The molecule has 0 saturated carbocycles. The van der Waals surface area contributed by atoms with Crippen molar-refractivity contribution in [2.24, 2.45) is 0 Å². The van der Waals surface area contributed by atoms with Gasteiger partial charge in [0.1, 0.15) is 0 Å². The topological polar surface area (TPSA) is 52.6 Å². The fourth-order valence-electron chi connectivity index (χ4n) is 2.74. The minimum absolute atomic E-state index is 0.377. The number of benzene rings is 1. The zero-order valence-electron chi connectivity index (χ0n) is 14.5. The molecule has 0 bridgehead atoms. The van der Waals surface area contributed by atoms with E-state index in [9.17, 15) is 8.42 Å².